The van der Waals surface area contributed by atoms with Crippen LogP contribution in [0.5, 0.6) is 0 Å². The molecule has 1 aliphatic carbocycles. The molecule has 3 aliphatic rings. The molecule has 2 aliphatic heterocycles. The number of amides is 3. The summed E-state index contributed by atoms with van der Waals surface area (Å²) in [6.07, 6.45) is 8.70. The normalized spacial score (nSPS) is 25.3. The topological polar surface area (TPSA) is 149 Å². The van der Waals surface area contributed by atoms with E-state index in [2.05, 4.69) is 31.7 Å². The molecule has 3 heterocycles. The lowest BCUT2D eigenvalue weighted by atomic mass is 10.00. The van der Waals surface area contributed by atoms with E-state index in [4.69, 9.17) is 9.47 Å². The Balaban J connectivity index is 1.36. The number of carbonyl (C=O) groups is 4. The van der Waals surface area contributed by atoms with Crippen LogP contribution in [0.1, 0.15) is 78.7 Å². The second-order valence-electron chi connectivity index (χ2n) is 14.8. The Bertz CT molecular complexity index is 1950. The van der Waals surface area contributed by atoms with E-state index < -0.39 is 58.7 Å². The molecule has 12 nitrogen and oxygen atoms in total. The molecule has 13 heteroatoms. The van der Waals surface area contributed by atoms with Crippen molar-refractivity contribution in [3.8, 4) is 11.1 Å². The highest BCUT2D eigenvalue weighted by Crippen LogP contribution is 2.46. The number of nitrogens with one attached hydrogen (secondary N) is 2. The number of hydrogen-bond donors (Lipinski definition) is 2. The lowest BCUT2D eigenvalue weighted by molar-refractivity contribution is -0.150. The van der Waals surface area contributed by atoms with Crippen molar-refractivity contribution in [3.63, 3.8) is 0 Å². The van der Waals surface area contributed by atoms with Crippen molar-refractivity contribution in [3.05, 3.63) is 75.6 Å². The minimum absolute atomic E-state index is 0.0217. The van der Waals surface area contributed by atoms with Gasteiger partial charge < -0.3 is 25.0 Å². The summed E-state index contributed by atoms with van der Waals surface area (Å²) < 4.78 is 12.5. The monoisotopic (exact) mass is 775 g/mol. The van der Waals surface area contributed by atoms with Crippen molar-refractivity contribution in [1.82, 2.24) is 25.3 Å². The molecule has 0 bridgehead atoms. The molecule has 2 fully saturated rings. The highest BCUT2D eigenvalue weighted by Gasteiger charge is 2.62. The fraction of sp³-hybridized carbons (Fsp3) is 0.487. The molecule has 5 atom stereocenters. The Morgan fingerprint density at radius 1 is 1.06 bits per heavy atom. The van der Waals surface area contributed by atoms with Crippen LogP contribution < -0.4 is 16.2 Å². The fourth-order valence-electron chi connectivity index (χ4n) is 7.30. The summed E-state index contributed by atoms with van der Waals surface area (Å²) in [6.45, 7) is 7.06. The van der Waals surface area contributed by atoms with Crippen molar-refractivity contribution in [2.45, 2.75) is 102 Å². The van der Waals surface area contributed by atoms with Gasteiger partial charge in [-0.15, -0.1) is 0 Å². The number of carbonyl (C=O) groups excluding carboxylic acids is 4. The summed E-state index contributed by atoms with van der Waals surface area (Å²) in [5, 5.41) is 12.3. The number of esters is 1. The number of nitrogens with zero attached hydrogens (tertiary/aromatic N) is 3. The van der Waals surface area contributed by atoms with Crippen LogP contribution in [-0.4, -0.2) is 74.9 Å². The van der Waals surface area contributed by atoms with Gasteiger partial charge in [-0.25, -0.2) is 14.3 Å². The summed E-state index contributed by atoms with van der Waals surface area (Å²) in [5.74, 6) is -1.78. The summed E-state index contributed by atoms with van der Waals surface area (Å²) in [4.78, 5) is 70.4. The van der Waals surface area contributed by atoms with E-state index in [1.807, 2.05) is 54.6 Å². The average molecular weight is 777 g/mol. The Hall–Kier alpha value is -4.52. The Kier molecular flexibility index (Phi) is 10.9. The number of benzene rings is 2. The molecular weight excluding hydrogens is 730 g/mol. The number of ether oxygens (including phenoxy) is 2. The average Bonchev–Trinajstić information content (AvgIpc) is 3.61. The molecule has 1 saturated carbocycles. The van der Waals surface area contributed by atoms with Crippen molar-refractivity contribution >= 4 is 50.6 Å². The summed E-state index contributed by atoms with van der Waals surface area (Å²) >= 11 is 3.54. The number of aromatic nitrogens is 2. The molecule has 0 unspecified atom stereocenters. The third-order valence-electron chi connectivity index (χ3n) is 9.96. The zero-order valence-electron chi connectivity index (χ0n) is 30.0. The molecule has 3 aromatic rings. The van der Waals surface area contributed by atoms with E-state index in [9.17, 15) is 24.0 Å². The van der Waals surface area contributed by atoms with E-state index in [1.54, 1.807) is 33.9 Å². The van der Waals surface area contributed by atoms with Gasteiger partial charge in [-0.05, 0) is 85.6 Å². The first-order valence-corrected chi connectivity index (χ1v) is 18.8. The van der Waals surface area contributed by atoms with Crippen LogP contribution >= 0.6 is 15.9 Å². The smallest absolute Gasteiger partial charge is 0.408 e. The third-order valence-corrected chi connectivity index (χ3v) is 10.7. The van der Waals surface area contributed by atoms with Gasteiger partial charge in [0.2, 0.25) is 11.8 Å². The molecule has 3 amide bonds. The molecular formula is C39H46BrN5O7. The number of allylic oxidation sites excluding steroid dienone is 1. The van der Waals surface area contributed by atoms with Gasteiger partial charge >= 0.3 is 12.1 Å². The van der Waals surface area contributed by atoms with Crippen LogP contribution in [0.2, 0.25) is 0 Å². The number of alkyl carbamates (subject to hydrolysis) is 1. The van der Waals surface area contributed by atoms with Crippen molar-refractivity contribution < 1.29 is 28.7 Å². The first-order valence-electron chi connectivity index (χ1n) is 18.0. The molecule has 0 radical (unpaired) electrons. The Labute approximate surface area is 311 Å². The van der Waals surface area contributed by atoms with E-state index in [0.717, 1.165) is 35.6 Å². The van der Waals surface area contributed by atoms with Crippen LogP contribution in [0, 0.1) is 5.92 Å². The largest absolute Gasteiger partial charge is 0.464 e. The van der Waals surface area contributed by atoms with Crippen LogP contribution in [0.25, 0.3) is 21.9 Å². The number of halogens is 1. The highest BCUT2D eigenvalue weighted by molar-refractivity contribution is 9.10. The predicted octanol–water partition coefficient (Wildman–Crippen LogP) is 5.82. The third kappa shape index (κ3) is 7.79. The van der Waals surface area contributed by atoms with Gasteiger partial charge in [-0.1, -0.05) is 67.5 Å². The van der Waals surface area contributed by atoms with Gasteiger partial charge in [-0.3, -0.25) is 14.4 Å². The van der Waals surface area contributed by atoms with Gasteiger partial charge in [0.1, 0.15) is 23.2 Å². The maximum absolute atomic E-state index is 14.5. The maximum Gasteiger partial charge on any atom is 0.408 e. The molecule has 52 heavy (non-hydrogen) atoms. The van der Waals surface area contributed by atoms with Gasteiger partial charge in [0.05, 0.1) is 23.3 Å². The van der Waals surface area contributed by atoms with Crippen molar-refractivity contribution in [2.75, 3.05) is 13.2 Å². The summed E-state index contributed by atoms with van der Waals surface area (Å²) in [7, 11) is 0. The molecule has 0 spiro atoms. The van der Waals surface area contributed by atoms with E-state index >= 15 is 0 Å². The second kappa shape index (κ2) is 15.2. The van der Waals surface area contributed by atoms with Crippen molar-refractivity contribution in [2.24, 2.45) is 5.92 Å². The SMILES string of the molecule is CCOC(=O)[C@@]12C[C@H]1C=CCCCCC[C@H](NC(=O)OC(C)(C)C)C(=O)N1C[C@H](n3ncc(-c4cccc5ccccc45)c(Br)c3=O)C[C@H]1C(=O)N2. The standard InChI is InChI=1S/C39H46BrN5O7/c1-5-51-36(49)39-21-25(39)16-9-7-6-8-10-19-30(42-37(50)52-38(2,3)4)34(47)44-23-26(20-31(44)33(46)43-39)45-35(48)32(40)29(22-41-45)28-18-13-15-24-14-11-12-17-27(24)28/h9,11-18,22,25-26,30-31H,5-8,10,19-21,23H2,1-4H3,(H,42,50)(H,43,46)/t25-,26-,30+,31+,39-/m1/s1. The quantitative estimate of drug-likeness (QED) is 0.244. The molecule has 2 N–H and O–H groups in total. The maximum atomic E-state index is 14.5. The molecule has 2 aromatic carbocycles. The molecule has 1 saturated heterocycles. The van der Waals surface area contributed by atoms with Crippen LogP contribution in [-0.2, 0) is 23.9 Å². The summed E-state index contributed by atoms with van der Waals surface area (Å²) in [6, 6.07) is 11.0. The second-order valence-corrected chi connectivity index (χ2v) is 15.6. The van der Waals surface area contributed by atoms with Gasteiger partial charge in [0.25, 0.3) is 5.56 Å². The summed E-state index contributed by atoms with van der Waals surface area (Å²) in [5.41, 5.74) is -0.997. The lowest BCUT2D eigenvalue weighted by Crippen LogP contribution is -2.56. The number of hydrogen-bond acceptors (Lipinski definition) is 8. The zero-order chi connectivity index (χ0) is 37.2. The first-order chi connectivity index (χ1) is 24.8. The molecule has 1 aromatic heterocycles. The van der Waals surface area contributed by atoms with Crippen LogP contribution in [0.15, 0.2) is 70.1 Å². The Morgan fingerprint density at radius 3 is 2.60 bits per heavy atom. The van der Waals surface area contributed by atoms with Gasteiger partial charge in [0.15, 0.2) is 0 Å². The predicted molar refractivity (Wildman–Crippen MR) is 199 cm³/mol. The first kappa shape index (κ1) is 37.2. The lowest BCUT2D eigenvalue weighted by Gasteiger charge is -2.30. The van der Waals surface area contributed by atoms with Gasteiger partial charge in [0, 0.05) is 24.4 Å². The minimum Gasteiger partial charge on any atom is -0.464 e. The molecule has 6 rings (SSSR count). The fourth-order valence-corrected chi connectivity index (χ4v) is 7.80. The number of rotatable bonds is 5. The van der Waals surface area contributed by atoms with E-state index in [-0.39, 0.29) is 25.5 Å². The number of fused-ring (bicyclic) bond motifs is 3. The van der Waals surface area contributed by atoms with Crippen molar-refractivity contribution in [1.29, 1.82) is 0 Å². The van der Waals surface area contributed by atoms with Crippen LogP contribution in [0.3, 0.4) is 0 Å². The minimum atomic E-state index is -1.25. The zero-order valence-corrected chi connectivity index (χ0v) is 31.6. The van der Waals surface area contributed by atoms with Gasteiger partial charge in [-0.2, -0.15) is 5.10 Å². The van der Waals surface area contributed by atoms with Crippen LogP contribution in [0.4, 0.5) is 4.79 Å². The van der Waals surface area contributed by atoms with E-state index in [0.29, 0.717) is 29.3 Å². The highest BCUT2D eigenvalue weighted by atomic mass is 79.9. The Morgan fingerprint density at radius 2 is 1.83 bits per heavy atom. The van der Waals surface area contributed by atoms with E-state index in [1.165, 1.54) is 9.58 Å². The molecule has 276 valence electrons.